The zero-order valence-electron chi connectivity index (χ0n) is 8.39. The molecule has 16 heavy (non-hydrogen) atoms. The van der Waals surface area contributed by atoms with Gasteiger partial charge in [0.1, 0.15) is 0 Å². The Morgan fingerprint density at radius 1 is 1.25 bits per heavy atom. The van der Waals surface area contributed by atoms with Gasteiger partial charge in [-0.3, -0.25) is 0 Å². The predicted octanol–water partition coefficient (Wildman–Crippen LogP) is 2.95. The zero-order chi connectivity index (χ0) is 12.3. The van der Waals surface area contributed by atoms with Gasteiger partial charge in [0, 0.05) is 0 Å². The second-order valence-corrected chi connectivity index (χ2v) is 3.28. The molecule has 0 heterocycles. The van der Waals surface area contributed by atoms with E-state index in [-0.39, 0.29) is 11.1 Å². The topological polar surface area (TPSA) is 47.6 Å². The average molecular weight is 224 g/mol. The highest BCUT2D eigenvalue weighted by atomic mass is 19.4. The quantitative estimate of drug-likeness (QED) is 0.736. The first-order valence-electron chi connectivity index (χ1n) is 4.38. The molecule has 0 saturated heterocycles. The Morgan fingerprint density at radius 2 is 1.88 bits per heavy atom. The van der Waals surface area contributed by atoms with Crippen LogP contribution in [0.3, 0.4) is 0 Å². The summed E-state index contributed by atoms with van der Waals surface area (Å²) in [6.45, 7) is 1.48. The zero-order valence-corrected chi connectivity index (χ0v) is 8.39. The molecule has 0 fully saturated rings. The van der Waals surface area contributed by atoms with Crippen LogP contribution in [0, 0.1) is 29.6 Å². The largest absolute Gasteiger partial charge is 0.416 e. The molecule has 0 saturated carbocycles. The number of benzene rings is 1. The van der Waals surface area contributed by atoms with Crippen molar-refractivity contribution < 1.29 is 13.2 Å². The Bertz CT molecular complexity index is 490. The molecule has 1 aromatic rings. The van der Waals surface area contributed by atoms with Gasteiger partial charge in [-0.15, -0.1) is 0 Å². The molecule has 0 aliphatic heterocycles. The van der Waals surface area contributed by atoms with Crippen molar-refractivity contribution in [3.05, 3.63) is 34.4 Å². The van der Waals surface area contributed by atoms with Crippen molar-refractivity contribution in [1.82, 2.24) is 0 Å². The molecule has 0 radical (unpaired) electrons. The summed E-state index contributed by atoms with van der Waals surface area (Å²) in [4.78, 5) is 0. The van der Waals surface area contributed by atoms with Crippen LogP contribution in [0.4, 0.5) is 13.2 Å². The van der Waals surface area contributed by atoms with E-state index < -0.39 is 18.2 Å². The van der Waals surface area contributed by atoms with Gasteiger partial charge in [-0.2, -0.15) is 23.7 Å². The summed E-state index contributed by atoms with van der Waals surface area (Å²) in [6.07, 6.45) is -4.96. The summed E-state index contributed by atoms with van der Waals surface area (Å²) >= 11 is 0. The molecule has 0 aliphatic rings. The van der Waals surface area contributed by atoms with Crippen LogP contribution in [0.5, 0.6) is 0 Å². The molecule has 0 unspecified atom stereocenters. The minimum Gasteiger partial charge on any atom is -0.198 e. The second kappa shape index (κ2) is 4.24. The minimum absolute atomic E-state index is 0.0890. The lowest BCUT2D eigenvalue weighted by molar-refractivity contribution is -0.138. The first-order chi connectivity index (χ1) is 7.40. The second-order valence-electron chi connectivity index (χ2n) is 3.28. The third-order valence-corrected chi connectivity index (χ3v) is 2.08. The lowest BCUT2D eigenvalue weighted by atomic mass is 9.96. The number of nitrogens with zero attached hydrogens (tertiary/aromatic N) is 2. The Hall–Kier alpha value is -2.01. The van der Waals surface area contributed by atoms with Crippen molar-refractivity contribution in [3.8, 4) is 12.1 Å². The van der Waals surface area contributed by atoms with Crippen molar-refractivity contribution in [1.29, 1.82) is 10.5 Å². The Balaban J connectivity index is 3.54. The molecule has 1 aromatic carbocycles. The van der Waals surface area contributed by atoms with E-state index in [4.69, 9.17) is 10.5 Å². The van der Waals surface area contributed by atoms with Gasteiger partial charge in [0.05, 0.1) is 29.7 Å². The van der Waals surface area contributed by atoms with Crippen molar-refractivity contribution in [2.75, 3.05) is 0 Å². The molecule has 0 amide bonds. The van der Waals surface area contributed by atoms with Crippen LogP contribution < -0.4 is 0 Å². The van der Waals surface area contributed by atoms with Gasteiger partial charge < -0.3 is 0 Å². The van der Waals surface area contributed by atoms with E-state index in [1.54, 1.807) is 12.1 Å². The minimum atomic E-state index is -4.54. The molecule has 0 aromatic heterocycles. The van der Waals surface area contributed by atoms with Gasteiger partial charge in [0.15, 0.2) is 0 Å². The molecule has 0 bridgehead atoms. The number of alkyl halides is 3. The maximum atomic E-state index is 12.6. The maximum Gasteiger partial charge on any atom is 0.416 e. The molecular weight excluding hydrogens is 217 g/mol. The van der Waals surface area contributed by atoms with Gasteiger partial charge in [-0.1, -0.05) is 0 Å². The van der Waals surface area contributed by atoms with Crippen LogP contribution in [-0.2, 0) is 12.6 Å². The summed E-state index contributed by atoms with van der Waals surface area (Å²) in [6, 6.07) is 5.62. The normalized spacial score (nSPS) is 10.6. The van der Waals surface area contributed by atoms with Crippen molar-refractivity contribution >= 4 is 0 Å². The fourth-order valence-electron chi connectivity index (χ4n) is 1.44. The van der Waals surface area contributed by atoms with Crippen LogP contribution >= 0.6 is 0 Å². The fourth-order valence-corrected chi connectivity index (χ4v) is 1.44. The summed E-state index contributed by atoms with van der Waals surface area (Å²) in [7, 11) is 0. The van der Waals surface area contributed by atoms with E-state index in [9.17, 15) is 13.2 Å². The van der Waals surface area contributed by atoms with Gasteiger partial charge in [-0.25, -0.2) is 0 Å². The van der Waals surface area contributed by atoms with Crippen molar-refractivity contribution in [2.24, 2.45) is 0 Å². The lowest BCUT2D eigenvalue weighted by Gasteiger charge is -2.13. The van der Waals surface area contributed by atoms with Crippen LogP contribution in [-0.4, -0.2) is 0 Å². The van der Waals surface area contributed by atoms with Crippen LogP contribution in [0.15, 0.2) is 12.1 Å². The number of rotatable bonds is 1. The third-order valence-electron chi connectivity index (χ3n) is 2.08. The molecule has 82 valence electrons. The summed E-state index contributed by atoms with van der Waals surface area (Å²) in [5.74, 6) is 0. The number of nitriles is 2. The van der Waals surface area contributed by atoms with E-state index in [1.165, 1.54) is 13.0 Å². The summed E-state index contributed by atoms with van der Waals surface area (Å²) < 4.78 is 37.9. The number of hydrogen-bond donors (Lipinski definition) is 0. The van der Waals surface area contributed by atoms with E-state index in [0.29, 0.717) is 5.56 Å². The lowest BCUT2D eigenvalue weighted by Crippen LogP contribution is -2.11. The van der Waals surface area contributed by atoms with Crippen LogP contribution in [0.2, 0.25) is 0 Å². The highest BCUT2D eigenvalue weighted by Gasteiger charge is 2.34. The molecular formula is C11H7F3N2. The fraction of sp³-hybridized carbons (Fsp3) is 0.273. The van der Waals surface area contributed by atoms with Gasteiger partial charge in [0.25, 0.3) is 0 Å². The van der Waals surface area contributed by atoms with E-state index in [2.05, 4.69) is 0 Å². The number of halogens is 3. The molecule has 0 aliphatic carbocycles. The molecule has 0 atom stereocenters. The SMILES string of the molecule is Cc1cc(C#N)c(CC#N)c(C(F)(F)F)c1. The number of aryl methyl sites for hydroxylation is 1. The third kappa shape index (κ3) is 2.32. The van der Waals surface area contributed by atoms with Gasteiger partial charge >= 0.3 is 6.18 Å². The van der Waals surface area contributed by atoms with Crippen molar-refractivity contribution in [3.63, 3.8) is 0 Å². The highest BCUT2D eigenvalue weighted by molar-refractivity contribution is 5.48. The predicted molar refractivity (Wildman–Crippen MR) is 50.2 cm³/mol. The smallest absolute Gasteiger partial charge is 0.198 e. The van der Waals surface area contributed by atoms with Crippen LogP contribution in [0.25, 0.3) is 0 Å². The van der Waals surface area contributed by atoms with E-state index in [0.717, 1.165) is 6.07 Å². The maximum absolute atomic E-state index is 12.6. The van der Waals surface area contributed by atoms with E-state index >= 15 is 0 Å². The average Bonchev–Trinajstić information content (AvgIpc) is 2.18. The Morgan fingerprint density at radius 3 is 2.31 bits per heavy atom. The molecule has 5 heteroatoms. The number of hydrogen-bond acceptors (Lipinski definition) is 2. The van der Waals surface area contributed by atoms with Crippen molar-refractivity contribution in [2.45, 2.75) is 19.5 Å². The summed E-state index contributed by atoms with van der Waals surface area (Å²) in [5.41, 5.74) is -0.881. The van der Waals surface area contributed by atoms with Gasteiger partial charge in [-0.05, 0) is 30.2 Å². The van der Waals surface area contributed by atoms with E-state index in [1.807, 2.05) is 0 Å². The first kappa shape index (κ1) is 12.1. The molecule has 0 N–H and O–H groups in total. The standard InChI is InChI=1S/C11H7F3N2/c1-7-4-8(6-16)9(2-3-15)10(5-7)11(12,13)14/h4-5H,2H2,1H3. The Kier molecular flexibility index (Phi) is 3.20. The Labute approximate surface area is 90.5 Å². The monoisotopic (exact) mass is 224 g/mol. The van der Waals surface area contributed by atoms with Gasteiger partial charge in [0.2, 0.25) is 0 Å². The molecule has 0 spiro atoms. The first-order valence-corrected chi connectivity index (χ1v) is 4.38. The molecule has 2 nitrogen and oxygen atoms in total. The van der Waals surface area contributed by atoms with Crippen LogP contribution in [0.1, 0.15) is 22.3 Å². The molecule has 1 rings (SSSR count). The highest BCUT2D eigenvalue weighted by Crippen LogP contribution is 2.34. The summed E-state index contributed by atoms with van der Waals surface area (Å²) in [5, 5.41) is 17.2.